The van der Waals surface area contributed by atoms with Crippen molar-refractivity contribution in [3.8, 4) is 22.3 Å². The Morgan fingerprint density at radius 3 is 1.82 bits per heavy atom. The number of nitrogens with one attached hydrogen (secondary N) is 1. The third kappa shape index (κ3) is 5.46. The Bertz CT molecular complexity index is 3180. The summed E-state index contributed by atoms with van der Waals surface area (Å²) in [6.45, 7) is 0. The molecule has 1 N–H and O–H groups in total. The van der Waals surface area contributed by atoms with Crippen LogP contribution in [0.15, 0.2) is 202 Å². The van der Waals surface area contributed by atoms with Crippen molar-refractivity contribution in [1.29, 1.82) is 0 Å². The average molecular weight is 704 g/mol. The molecule has 1 aromatic heterocycles. The molecule has 1 atom stereocenters. The minimum Gasteiger partial charge on any atom is -0.456 e. The van der Waals surface area contributed by atoms with Crippen molar-refractivity contribution >= 4 is 65.9 Å². The van der Waals surface area contributed by atoms with Gasteiger partial charge in [0.25, 0.3) is 0 Å². The monoisotopic (exact) mass is 703 g/mol. The second-order valence-electron chi connectivity index (χ2n) is 14.2. The highest BCUT2D eigenvalue weighted by atomic mass is 16.3. The van der Waals surface area contributed by atoms with E-state index in [1.165, 1.54) is 38.1 Å². The van der Waals surface area contributed by atoms with Crippen LogP contribution in [0.4, 0.5) is 0 Å². The molecule has 0 radical (unpaired) electrons. The molecule has 4 heteroatoms. The maximum atomic E-state index is 6.48. The van der Waals surface area contributed by atoms with E-state index < -0.39 is 0 Å². The molecule has 9 aromatic carbocycles. The summed E-state index contributed by atoms with van der Waals surface area (Å²) in [5, 5.41) is 13.0. The Morgan fingerprint density at radius 2 is 1.02 bits per heavy atom. The fourth-order valence-corrected chi connectivity index (χ4v) is 8.11. The number of hydrogen-bond acceptors (Lipinski definition) is 4. The maximum absolute atomic E-state index is 6.48. The minimum atomic E-state index is -0.364. The zero-order valence-corrected chi connectivity index (χ0v) is 29.8. The van der Waals surface area contributed by atoms with Gasteiger partial charge in [-0.3, -0.25) is 0 Å². The zero-order chi connectivity index (χ0) is 36.3. The van der Waals surface area contributed by atoms with Crippen LogP contribution in [0, 0.1) is 0 Å². The SMILES string of the molecule is c1ccc2cc(C3=NC(c4cccc5oc6ccc(-c7ccc8ccccc8c7)cc6c45)=NC(c4ccc(-c5cccc6ccccc56)cc4)N3)ccc2c1. The van der Waals surface area contributed by atoms with E-state index in [2.05, 4.69) is 181 Å². The second kappa shape index (κ2) is 12.7. The van der Waals surface area contributed by atoms with Gasteiger partial charge in [-0.05, 0) is 90.5 Å². The van der Waals surface area contributed by atoms with E-state index in [9.17, 15) is 0 Å². The fourth-order valence-electron chi connectivity index (χ4n) is 8.11. The standard InChI is InChI=1S/C51H33N3O/c1-3-12-37-29-39(25-19-32(37)9-1)40-27-28-46-45(31-40)48-44(17-8-18-47(48)55-46)51-53-49(52-50(54-51)41-26-20-33-10-2-4-13-38(33)30-41)36-23-21-35(22-24-36)43-16-7-14-34-11-5-6-15-42(34)43/h1-31,49H,(H,52,53,54). The molecule has 258 valence electrons. The molecular weight excluding hydrogens is 671 g/mol. The zero-order valence-electron chi connectivity index (χ0n) is 29.8. The fraction of sp³-hybridized carbons (Fsp3) is 0.0196. The largest absolute Gasteiger partial charge is 0.456 e. The summed E-state index contributed by atoms with van der Waals surface area (Å²) >= 11 is 0. The van der Waals surface area contributed by atoms with Gasteiger partial charge in [-0.2, -0.15) is 0 Å². The van der Waals surface area contributed by atoms with Gasteiger partial charge in [-0.25, -0.2) is 9.98 Å². The van der Waals surface area contributed by atoms with E-state index in [0.29, 0.717) is 5.84 Å². The molecule has 4 nitrogen and oxygen atoms in total. The number of rotatable bonds is 5. The van der Waals surface area contributed by atoms with E-state index in [-0.39, 0.29) is 6.17 Å². The van der Waals surface area contributed by atoms with Gasteiger partial charge in [-0.15, -0.1) is 0 Å². The third-order valence-electron chi connectivity index (χ3n) is 10.9. The summed E-state index contributed by atoms with van der Waals surface area (Å²) in [5.74, 6) is 1.44. The van der Waals surface area contributed by atoms with Gasteiger partial charge in [0, 0.05) is 21.9 Å². The predicted molar refractivity (Wildman–Crippen MR) is 229 cm³/mol. The predicted octanol–water partition coefficient (Wildman–Crippen LogP) is 12.9. The molecule has 55 heavy (non-hydrogen) atoms. The number of furan rings is 1. The Labute approximate surface area is 317 Å². The number of amidine groups is 2. The van der Waals surface area contributed by atoms with Crippen molar-refractivity contribution in [3.05, 3.63) is 205 Å². The van der Waals surface area contributed by atoms with Crippen molar-refractivity contribution in [1.82, 2.24) is 5.32 Å². The van der Waals surface area contributed by atoms with Gasteiger partial charge in [-0.1, -0.05) is 158 Å². The third-order valence-corrected chi connectivity index (χ3v) is 10.9. The first-order valence-electron chi connectivity index (χ1n) is 18.7. The summed E-state index contributed by atoms with van der Waals surface area (Å²) in [7, 11) is 0. The van der Waals surface area contributed by atoms with E-state index in [1.54, 1.807) is 0 Å². The van der Waals surface area contributed by atoms with Crippen molar-refractivity contribution in [2.45, 2.75) is 6.17 Å². The van der Waals surface area contributed by atoms with Gasteiger partial charge >= 0.3 is 0 Å². The van der Waals surface area contributed by atoms with Crippen LogP contribution in [0.25, 0.3) is 76.5 Å². The Balaban J connectivity index is 1.05. The van der Waals surface area contributed by atoms with Crippen molar-refractivity contribution in [3.63, 3.8) is 0 Å². The Hall–Kier alpha value is -7.30. The molecule has 0 saturated carbocycles. The summed E-state index contributed by atoms with van der Waals surface area (Å²) < 4.78 is 6.48. The number of hydrogen-bond donors (Lipinski definition) is 1. The number of nitrogens with zero attached hydrogens (tertiary/aromatic N) is 2. The summed E-state index contributed by atoms with van der Waals surface area (Å²) in [4.78, 5) is 10.6. The highest BCUT2D eigenvalue weighted by molar-refractivity contribution is 6.22. The lowest BCUT2D eigenvalue weighted by atomic mass is 9.97. The molecule has 11 rings (SSSR count). The first kappa shape index (κ1) is 31.2. The smallest absolute Gasteiger partial charge is 0.160 e. The molecule has 10 aromatic rings. The summed E-state index contributed by atoms with van der Waals surface area (Å²) in [5.41, 5.74) is 9.31. The second-order valence-corrected chi connectivity index (χ2v) is 14.2. The molecular formula is C51H33N3O. The van der Waals surface area contributed by atoms with Crippen LogP contribution >= 0.6 is 0 Å². The van der Waals surface area contributed by atoms with E-state index in [0.717, 1.165) is 61.0 Å². The number of benzene rings is 9. The topological polar surface area (TPSA) is 49.9 Å². The lowest BCUT2D eigenvalue weighted by molar-refractivity contribution is 0.668. The minimum absolute atomic E-state index is 0.364. The lowest BCUT2D eigenvalue weighted by Crippen LogP contribution is -2.33. The van der Waals surface area contributed by atoms with Crippen molar-refractivity contribution < 1.29 is 4.42 Å². The van der Waals surface area contributed by atoms with Gasteiger partial charge in [0.15, 0.2) is 5.84 Å². The molecule has 1 unspecified atom stereocenters. The molecule has 2 heterocycles. The molecule has 1 aliphatic heterocycles. The van der Waals surface area contributed by atoms with E-state index in [4.69, 9.17) is 14.4 Å². The average Bonchev–Trinajstić information content (AvgIpc) is 3.64. The van der Waals surface area contributed by atoms with Crippen LogP contribution < -0.4 is 5.32 Å². The van der Waals surface area contributed by atoms with Crippen LogP contribution in [-0.4, -0.2) is 11.7 Å². The highest BCUT2D eigenvalue weighted by Crippen LogP contribution is 2.37. The Morgan fingerprint density at radius 1 is 0.418 bits per heavy atom. The molecule has 0 amide bonds. The van der Waals surface area contributed by atoms with Gasteiger partial charge in [0.2, 0.25) is 0 Å². The van der Waals surface area contributed by atoms with Crippen molar-refractivity contribution in [2.24, 2.45) is 9.98 Å². The Kier molecular flexibility index (Phi) is 7.20. The first-order valence-corrected chi connectivity index (χ1v) is 18.7. The van der Waals surface area contributed by atoms with Crippen LogP contribution in [0.1, 0.15) is 22.9 Å². The molecule has 1 aliphatic rings. The quantitative estimate of drug-likeness (QED) is 0.194. The highest BCUT2D eigenvalue weighted by Gasteiger charge is 2.24. The molecule has 0 saturated heterocycles. The summed E-state index contributed by atoms with van der Waals surface area (Å²) in [6.07, 6.45) is -0.364. The molecule has 0 fully saturated rings. The van der Waals surface area contributed by atoms with E-state index in [1.807, 2.05) is 12.1 Å². The normalized spacial score (nSPS) is 14.4. The van der Waals surface area contributed by atoms with E-state index >= 15 is 0 Å². The molecule has 0 bridgehead atoms. The first-order chi connectivity index (χ1) is 27.2. The van der Waals surface area contributed by atoms with Crippen LogP contribution in [0.2, 0.25) is 0 Å². The summed E-state index contributed by atoms with van der Waals surface area (Å²) in [6, 6.07) is 66.5. The number of fused-ring (bicyclic) bond motifs is 6. The molecule has 0 spiro atoms. The maximum Gasteiger partial charge on any atom is 0.160 e. The van der Waals surface area contributed by atoms with Gasteiger partial charge in [0.1, 0.15) is 23.2 Å². The van der Waals surface area contributed by atoms with Crippen LogP contribution in [0.5, 0.6) is 0 Å². The van der Waals surface area contributed by atoms with Crippen molar-refractivity contribution in [2.75, 3.05) is 0 Å². The van der Waals surface area contributed by atoms with Crippen LogP contribution in [-0.2, 0) is 0 Å². The van der Waals surface area contributed by atoms with Crippen LogP contribution in [0.3, 0.4) is 0 Å². The van der Waals surface area contributed by atoms with Gasteiger partial charge in [0.05, 0.1) is 0 Å². The lowest BCUT2D eigenvalue weighted by Gasteiger charge is -2.24. The molecule has 0 aliphatic carbocycles. The number of aliphatic imine (C=N–C) groups is 2. The van der Waals surface area contributed by atoms with Gasteiger partial charge < -0.3 is 9.73 Å².